The predicted octanol–water partition coefficient (Wildman–Crippen LogP) is 2.63. The highest BCUT2D eigenvalue weighted by Crippen LogP contribution is 2.34. The molecule has 0 radical (unpaired) electrons. The largest absolute Gasteiger partial charge is 0.452 e. The maximum absolute atomic E-state index is 11.6. The van der Waals surface area contributed by atoms with Crippen molar-refractivity contribution >= 4 is 35.0 Å². The number of hydrogen-bond donors (Lipinski definition) is 1. The number of thiophene rings is 1. The fourth-order valence-electron chi connectivity index (χ4n) is 1.96. The lowest BCUT2D eigenvalue weighted by Crippen LogP contribution is -2.28. The van der Waals surface area contributed by atoms with Crippen LogP contribution in [0.1, 0.15) is 4.88 Å². The molecule has 0 aliphatic carbocycles. The van der Waals surface area contributed by atoms with Crippen molar-refractivity contribution in [2.45, 2.75) is 0 Å². The van der Waals surface area contributed by atoms with Crippen molar-refractivity contribution in [2.24, 2.45) is 0 Å². The number of nitrogens with zero attached hydrogens (tertiary/aromatic N) is 1. The lowest BCUT2D eigenvalue weighted by atomic mass is 10.1. The summed E-state index contributed by atoms with van der Waals surface area (Å²) in [5.41, 5.74) is 0.525. The second-order valence-corrected chi connectivity index (χ2v) is 6.01. The van der Waals surface area contributed by atoms with E-state index in [-0.39, 0.29) is 12.2 Å². The first kappa shape index (κ1) is 18.9. The van der Waals surface area contributed by atoms with Crippen LogP contribution in [0, 0.1) is 22.5 Å². The first-order valence-electron chi connectivity index (χ1n) is 7.40. The topological polar surface area (TPSA) is 98.5 Å². The summed E-state index contributed by atoms with van der Waals surface area (Å²) in [6.45, 7) is -0.355. The summed E-state index contributed by atoms with van der Waals surface area (Å²) in [5, 5.41) is 13.5. The molecule has 0 spiro atoms. The third-order valence-electron chi connectivity index (χ3n) is 3.11. The van der Waals surface area contributed by atoms with Crippen molar-refractivity contribution in [3.05, 3.63) is 57.5 Å². The molecule has 0 fully saturated rings. The van der Waals surface area contributed by atoms with E-state index < -0.39 is 23.4 Å². The van der Waals surface area contributed by atoms with Gasteiger partial charge in [0.1, 0.15) is 0 Å². The number of para-hydroxylation sites is 1. The normalized spacial score (nSPS) is 10.3. The van der Waals surface area contributed by atoms with Gasteiger partial charge in [-0.1, -0.05) is 18.1 Å². The highest BCUT2D eigenvalue weighted by molar-refractivity contribution is 7.16. The van der Waals surface area contributed by atoms with Crippen LogP contribution >= 0.6 is 11.3 Å². The zero-order valence-electron chi connectivity index (χ0n) is 13.5. The van der Waals surface area contributed by atoms with Gasteiger partial charge in [0.25, 0.3) is 11.6 Å². The molecule has 2 rings (SSSR count). The van der Waals surface area contributed by atoms with Crippen LogP contribution in [0.4, 0.5) is 5.69 Å². The fraction of sp³-hybridized carbons (Fsp3) is 0.111. The molecule has 7 nitrogen and oxygen atoms in total. The van der Waals surface area contributed by atoms with Gasteiger partial charge in [-0.15, -0.1) is 17.8 Å². The smallest absolute Gasteiger partial charge is 0.331 e. The molecule has 0 bridgehead atoms. The molecular weight excluding hydrogens is 356 g/mol. The predicted molar refractivity (Wildman–Crippen MR) is 98.2 cm³/mol. The van der Waals surface area contributed by atoms with Gasteiger partial charge in [-0.3, -0.25) is 14.9 Å². The third kappa shape index (κ3) is 5.29. The van der Waals surface area contributed by atoms with E-state index in [1.807, 2.05) is 0 Å². The SMILES string of the molecule is C#CCNC(=O)COC(=O)/C=C/c1ccc(-c2ccccc2[N+](=O)[O-])s1. The van der Waals surface area contributed by atoms with E-state index in [0.29, 0.717) is 15.3 Å². The molecule has 0 saturated carbocycles. The third-order valence-corrected chi connectivity index (χ3v) is 4.19. The Hall–Kier alpha value is -3.44. The van der Waals surface area contributed by atoms with Crippen molar-refractivity contribution in [3.8, 4) is 22.8 Å². The first-order chi connectivity index (χ1) is 12.5. The van der Waals surface area contributed by atoms with E-state index >= 15 is 0 Å². The van der Waals surface area contributed by atoms with E-state index in [9.17, 15) is 19.7 Å². The number of terminal acetylenes is 1. The van der Waals surface area contributed by atoms with Gasteiger partial charge in [-0.25, -0.2) is 4.79 Å². The average Bonchev–Trinajstić information content (AvgIpc) is 3.11. The summed E-state index contributed by atoms with van der Waals surface area (Å²) >= 11 is 1.29. The Labute approximate surface area is 153 Å². The molecule has 0 aliphatic heterocycles. The van der Waals surface area contributed by atoms with Crippen molar-refractivity contribution < 1.29 is 19.2 Å². The molecule has 1 aromatic carbocycles. The van der Waals surface area contributed by atoms with E-state index in [4.69, 9.17) is 11.2 Å². The number of carbonyl (C=O) groups is 2. The number of carbonyl (C=O) groups excluding carboxylic acids is 2. The second-order valence-electron chi connectivity index (χ2n) is 4.90. The zero-order chi connectivity index (χ0) is 18.9. The van der Waals surface area contributed by atoms with Gasteiger partial charge in [0.2, 0.25) is 0 Å². The first-order valence-corrected chi connectivity index (χ1v) is 8.21. The summed E-state index contributed by atoms with van der Waals surface area (Å²) < 4.78 is 4.77. The number of hydrogen-bond acceptors (Lipinski definition) is 6. The van der Waals surface area contributed by atoms with Gasteiger partial charge >= 0.3 is 5.97 Å². The van der Waals surface area contributed by atoms with Crippen LogP contribution < -0.4 is 5.32 Å². The van der Waals surface area contributed by atoms with Gasteiger partial charge < -0.3 is 10.1 Å². The number of nitro benzene ring substituents is 1. The Morgan fingerprint density at radius 2 is 2.08 bits per heavy atom. The minimum atomic E-state index is -0.679. The molecule has 1 heterocycles. The van der Waals surface area contributed by atoms with E-state index in [1.165, 1.54) is 29.6 Å². The molecule has 1 aromatic heterocycles. The molecule has 1 N–H and O–H groups in total. The molecule has 0 atom stereocenters. The summed E-state index contributed by atoms with van der Waals surface area (Å²) in [5.74, 6) is 1.07. The molecule has 26 heavy (non-hydrogen) atoms. The van der Waals surface area contributed by atoms with Crippen molar-refractivity contribution in [1.29, 1.82) is 0 Å². The van der Waals surface area contributed by atoms with Gasteiger partial charge in [-0.2, -0.15) is 0 Å². The summed E-state index contributed by atoms with van der Waals surface area (Å²) in [6.07, 6.45) is 7.70. The van der Waals surface area contributed by atoms with E-state index in [1.54, 1.807) is 30.3 Å². The summed E-state index contributed by atoms with van der Waals surface area (Å²) in [6, 6.07) is 9.91. The lowest BCUT2D eigenvalue weighted by molar-refractivity contribution is -0.384. The lowest BCUT2D eigenvalue weighted by Gasteiger charge is -2.01. The molecule has 0 unspecified atom stereocenters. The molecular formula is C18H14N2O5S. The minimum absolute atomic E-state index is 0.0160. The Morgan fingerprint density at radius 3 is 2.81 bits per heavy atom. The number of ether oxygens (including phenoxy) is 1. The minimum Gasteiger partial charge on any atom is -0.452 e. The van der Waals surface area contributed by atoms with Crippen molar-refractivity contribution in [1.82, 2.24) is 5.32 Å². The number of benzene rings is 1. The fourth-order valence-corrected chi connectivity index (χ4v) is 2.91. The van der Waals surface area contributed by atoms with Crippen LogP contribution in [0.3, 0.4) is 0 Å². The van der Waals surface area contributed by atoms with Crippen LogP contribution in [0.15, 0.2) is 42.5 Å². The maximum Gasteiger partial charge on any atom is 0.331 e. The summed E-state index contributed by atoms with van der Waals surface area (Å²) in [7, 11) is 0. The molecule has 8 heteroatoms. The van der Waals surface area contributed by atoms with Gasteiger partial charge in [0, 0.05) is 21.9 Å². The number of nitrogens with one attached hydrogen (secondary N) is 1. The number of nitro groups is 1. The number of rotatable bonds is 7. The van der Waals surface area contributed by atoms with Gasteiger partial charge in [0.05, 0.1) is 17.0 Å². The molecule has 1 amide bonds. The van der Waals surface area contributed by atoms with Crippen LogP contribution in [0.2, 0.25) is 0 Å². The van der Waals surface area contributed by atoms with Crippen molar-refractivity contribution in [3.63, 3.8) is 0 Å². The highest BCUT2D eigenvalue weighted by atomic mass is 32.1. The van der Waals surface area contributed by atoms with Gasteiger partial charge in [0.15, 0.2) is 6.61 Å². The average molecular weight is 370 g/mol. The number of esters is 1. The zero-order valence-corrected chi connectivity index (χ0v) is 14.3. The van der Waals surface area contributed by atoms with Crippen LogP contribution in [-0.2, 0) is 14.3 Å². The molecule has 0 aliphatic rings. The quantitative estimate of drug-likeness (QED) is 0.266. The Kier molecular flexibility index (Phi) is 6.65. The van der Waals surface area contributed by atoms with Crippen LogP contribution in [0.25, 0.3) is 16.5 Å². The van der Waals surface area contributed by atoms with Crippen LogP contribution in [0.5, 0.6) is 0 Å². The molecule has 2 aromatic rings. The monoisotopic (exact) mass is 370 g/mol. The Morgan fingerprint density at radius 1 is 1.31 bits per heavy atom. The van der Waals surface area contributed by atoms with E-state index in [2.05, 4.69) is 11.2 Å². The highest BCUT2D eigenvalue weighted by Gasteiger charge is 2.15. The Bertz CT molecular complexity index is 895. The van der Waals surface area contributed by atoms with Gasteiger partial charge in [-0.05, 0) is 24.3 Å². The molecule has 0 saturated heterocycles. The van der Waals surface area contributed by atoms with E-state index in [0.717, 1.165) is 0 Å². The number of amides is 1. The Balaban J connectivity index is 1.99. The standard InChI is InChI=1S/C18H14N2O5S/c1-2-11-19-17(21)12-25-18(22)10-8-13-7-9-16(26-13)14-5-3-4-6-15(14)20(23)24/h1,3-10H,11-12H2,(H,19,21)/b10-8+. The summed E-state index contributed by atoms with van der Waals surface area (Å²) in [4.78, 5) is 35.0. The second kappa shape index (κ2) is 9.15. The molecule has 132 valence electrons. The van der Waals surface area contributed by atoms with Crippen molar-refractivity contribution in [2.75, 3.05) is 13.2 Å². The van der Waals surface area contributed by atoms with Crippen LogP contribution in [-0.4, -0.2) is 30.0 Å². The maximum atomic E-state index is 11.6.